The van der Waals surface area contributed by atoms with Crippen LogP contribution in [0.2, 0.25) is 0 Å². The number of aryl methyl sites for hydroxylation is 2. The van der Waals surface area contributed by atoms with Gasteiger partial charge in [-0.25, -0.2) is 0 Å². The first kappa shape index (κ1) is 9.59. The van der Waals surface area contributed by atoms with Crippen LogP contribution in [-0.2, 0) is 12.1 Å². The fourth-order valence-corrected chi connectivity index (χ4v) is 1.46. The van der Waals surface area contributed by atoms with Crippen molar-refractivity contribution in [2.45, 2.75) is 25.9 Å². The molecule has 1 rings (SSSR count). The van der Waals surface area contributed by atoms with E-state index in [9.17, 15) is 8.78 Å². The van der Waals surface area contributed by atoms with Crippen molar-refractivity contribution in [3.8, 4) is 0 Å². The molecule has 68 valence electrons. The van der Waals surface area contributed by atoms with Crippen LogP contribution in [0.1, 0.15) is 23.9 Å². The third-order valence-electron chi connectivity index (χ3n) is 1.60. The Morgan fingerprint density at radius 1 is 1.58 bits per heavy atom. The van der Waals surface area contributed by atoms with E-state index in [0.29, 0.717) is 12.1 Å². The van der Waals surface area contributed by atoms with Gasteiger partial charge in [-0.3, -0.25) is 0 Å². The number of nitrogens with zero attached hydrogens (tertiary/aromatic N) is 1. The van der Waals surface area contributed by atoms with E-state index in [1.807, 2.05) is 0 Å². The maximum absolute atomic E-state index is 12.9. The molecule has 5 heteroatoms. The van der Waals surface area contributed by atoms with Gasteiger partial charge in [0.2, 0.25) is 0 Å². The summed E-state index contributed by atoms with van der Waals surface area (Å²) in [5, 5.41) is 3.53. The van der Waals surface area contributed by atoms with Gasteiger partial charge in [-0.2, -0.15) is 8.78 Å². The van der Waals surface area contributed by atoms with Crippen LogP contribution in [0.25, 0.3) is 0 Å². The molecule has 0 bridgehead atoms. The number of hydrogen-bond donors (Lipinski definition) is 0. The third kappa shape index (κ3) is 1.63. The predicted octanol–water partition coefficient (Wildman–Crippen LogP) is 2.47. The van der Waals surface area contributed by atoms with Crippen molar-refractivity contribution < 1.29 is 13.3 Å². The molecule has 0 N–H and O–H groups in total. The van der Waals surface area contributed by atoms with Crippen LogP contribution in [0.4, 0.5) is 8.78 Å². The van der Waals surface area contributed by atoms with Gasteiger partial charge in [-0.15, -0.1) is 0 Å². The number of halogens is 2. The Labute approximate surface area is 71.5 Å². The zero-order valence-electron chi connectivity index (χ0n) is 6.90. The summed E-state index contributed by atoms with van der Waals surface area (Å²) in [4.78, 5) is 0. The first-order valence-corrected chi connectivity index (χ1v) is 4.16. The molecule has 0 spiro atoms. The van der Waals surface area contributed by atoms with Gasteiger partial charge in [0.05, 0.1) is 11.3 Å². The summed E-state index contributed by atoms with van der Waals surface area (Å²) in [6.07, 6.45) is 0.455. The molecular weight excluding hydrogens is 183 g/mol. The monoisotopic (exact) mass is 193 g/mol. The first-order chi connectivity index (χ1) is 5.46. The zero-order chi connectivity index (χ0) is 9.35. The minimum absolute atomic E-state index is 0.102. The van der Waals surface area contributed by atoms with Crippen LogP contribution in [0, 0.1) is 6.92 Å². The van der Waals surface area contributed by atoms with E-state index in [2.05, 4.69) is 9.68 Å². The van der Waals surface area contributed by atoms with Crippen molar-refractivity contribution >= 4 is 9.24 Å². The van der Waals surface area contributed by atoms with Gasteiger partial charge in [0.1, 0.15) is 5.76 Å². The molecule has 0 aliphatic heterocycles. The number of alkyl halides is 2. The Bertz CT molecular complexity index is 279. The smallest absolute Gasteiger partial charge is 0.289 e. The van der Waals surface area contributed by atoms with Gasteiger partial charge in [0.15, 0.2) is 0 Å². The predicted molar refractivity (Wildman–Crippen MR) is 44.2 cm³/mol. The quantitative estimate of drug-likeness (QED) is 0.674. The molecule has 1 atom stereocenters. The fraction of sp³-hybridized carbons (Fsp3) is 0.571. The molecule has 1 unspecified atom stereocenters. The highest BCUT2D eigenvalue weighted by Crippen LogP contribution is 2.38. The molecule has 2 nitrogen and oxygen atoms in total. The van der Waals surface area contributed by atoms with Crippen LogP contribution < -0.4 is 0 Å². The molecule has 12 heavy (non-hydrogen) atoms. The molecule has 0 saturated heterocycles. The summed E-state index contributed by atoms with van der Waals surface area (Å²) in [7, 11) is 1.48. The van der Waals surface area contributed by atoms with Crippen molar-refractivity contribution in [2.75, 3.05) is 0 Å². The van der Waals surface area contributed by atoms with Crippen molar-refractivity contribution in [1.29, 1.82) is 0 Å². The van der Waals surface area contributed by atoms with Crippen molar-refractivity contribution in [1.82, 2.24) is 5.16 Å². The SMILES string of the molecule is CCc1noc(C)c1C(F)(F)P. The summed E-state index contributed by atoms with van der Waals surface area (Å²) in [5.41, 5.74) is -2.71. The van der Waals surface area contributed by atoms with E-state index in [1.165, 1.54) is 16.2 Å². The van der Waals surface area contributed by atoms with Crippen molar-refractivity contribution in [3.63, 3.8) is 0 Å². The molecule has 0 saturated carbocycles. The Balaban J connectivity index is 3.19. The van der Waals surface area contributed by atoms with Crippen LogP contribution in [0.3, 0.4) is 0 Å². The van der Waals surface area contributed by atoms with Gasteiger partial charge >= 0.3 is 0 Å². The average Bonchev–Trinajstić information content (AvgIpc) is 2.29. The Hall–Kier alpha value is -0.500. The van der Waals surface area contributed by atoms with Crippen LogP contribution in [0.5, 0.6) is 0 Å². The topological polar surface area (TPSA) is 26.0 Å². The average molecular weight is 193 g/mol. The second-order valence-electron chi connectivity index (χ2n) is 2.54. The zero-order valence-corrected chi connectivity index (χ0v) is 8.05. The molecule has 0 aliphatic carbocycles. The van der Waals surface area contributed by atoms with E-state index in [4.69, 9.17) is 0 Å². The highest BCUT2D eigenvalue weighted by Gasteiger charge is 2.32. The maximum atomic E-state index is 12.9. The van der Waals surface area contributed by atoms with Gasteiger partial charge in [-0.1, -0.05) is 21.3 Å². The lowest BCUT2D eigenvalue weighted by Crippen LogP contribution is -2.06. The standard InChI is InChI=1S/C7H10F2NOP/c1-3-5-6(7(8,9)12)4(2)11-10-5/h3,12H2,1-2H3. The molecule has 0 amide bonds. The van der Waals surface area contributed by atoms with Gasteiger partial charge < -0.3 is 4.52 Å². The second kappa shape index (κ2) is 3.09. The normalized spacial score (nSPS) is 12.1. The van der Waals surface area contributed by atoms with Gasteiger partial charge in [-0.05, 0) is 13.3 Å². The van der Waals surface area contributed by atoms with E-state index >= 15 is 0 Å². The van der Waals surface area contributed by atoms with E-state index in [0.717, 1.165) is 0 Å². The van der Waals surface area contributed by atoms with Crippen LogP contribution in [-0.4, -0.2) is 5.16 Å². The molecule has 1 heterocycles. The minimum atomic E-state index is -2.94. The summed E-state index contributed by atoms with van der Waals surface area (Å²) in [6.45, 7) is 3.25. The minimum Gasteiger partial charge on any atom is -0.361 e. The van der Waals surface area contributed by atoms with E-state index in [-0.39, 0.29) is 11.3 Å². The molecule has 0 aliphatic rings. The molecule has 1 aromatic rings. The molecule has 0 fully saturated rings. The second-order valence-corrected chi connectivity index (χ2v) is 3.26. The lowest BCUT2D eigenvalue weighted by atomic mass is 10.1. The largest absolute Gasteiger partial charge is 0.361 e. The molecule has 1 aromatic heterocycles. The highest BCUT2D eigenvalue weighted by atomic mass is 31.0. The van der Waals surface area contributed by atoms with E-state index < -0.39 is 5.66 Å². The van der Waals surface area contributed by atoms with Crippen molar-refractivity contribution in [3.05, 3.63) is 17.0 Å². The molecule has 0 radical (unpaired) electrons. The molecular formula is C7H10F2NOP. The molecule has 0 aromatic carbocycles. The summed E-state index contributed by atoms with van der Waals surface area (Å²) in [6, 6.07) is 0. The maximum Gasteiger partial charge on any atom is 0.289 e. The van der Waals surface area contributed by atoms with E-state index in [1.54, 1.807) is 6.92 Å². The number of hydrogen-bond acceptors (Lipinski definition) is 2. The van der Waals surface area contributed by atoms with Crippen LogP contribution >= 0.6 is 9.24 Å². The Kier molecular flexibility index (Phi) is 2.47. The summed E-state index contributed by atoms with van der Waals surface area (Å²) >= 11 is 0. The summed E-state index contributed by atoms with van der Waals surface area (Å²) < 4.78 is 30.4. The van der Waals surface area contributed by atoms with Crippen molar-refractivity contribution in [2.24, 2.45) is 0 Å². The first-order valence-electron chi connectivity index (χ1n) is 3.59. The summed E-state index contributed by atoms with van der Waals surface area (Å²) in [5.74, 6) is 0.187. The van der Waals surface area contributed by atoms with Crippen LogP contribution in [0.15, 0.2) is 4.52 Å². The number of rotatable bonds is 2. The Morgan fingerprint density at radius 2 is 2.17 bits per heavy atom. The lowest BCUT2D eigenvalue weighted by Gasteiger charge is -2.08. The number of aromatic nitrogens is 1. The highest BCUT2D eigenvalue weighted by molar-refractivity contribution is 7.17. The lowest BCUT2D eigenvalue weighted by molar-refractivity contribution is 0.101. The Morgan fingerprint density at radius 3 is 2.50 bits per heavy atom. The van der Waals surface area contributed by atoms with Gasteiger partial charge in [0, 0.05) is 0 Å². The van der Waals surface area contributed by atoms with Gasteiger partial charge in [0.25, 0.3) is 5.66 Å². The fourth-order valence-electron chi connectivity index (χ4n) is 1.09. The third-order valence-corrected chi connectivity index (χ3v) is 1.89.